The molecule has 0 aromatic heterocycles. The van der Waals surface area contributed by atoms with Gasteiger partial charge in [0.25, 0.3) is 5.91 Å². The van der Waals surface area contributed by atoms with Gasteiger partial charge in [0.2, 0.25) is 0 Å². The van der Waals surface area contributed by atoms with E-state index in [-0.39, 0.29) is 17.7 Å². The van der Waals surface area contributed by atoms with E-state index in [1.165, 1.54) is 7.11 Å². The highest BCUT2D eigenvalue weighted by atomic mass is 16.5. The van der Waals surface area contributed by atoms with Crippen LogP contribution in [0, 0.1) is 0 Å². The lowest BCUT2D eigenvalue weighted by Gasteiger charge is -2.34. The van der Waals surface area contributed by atoms with Crippen molar-refractivity contribution in [1.29, 1.82) is 0 Å². The van der Waals surface area contributed by atoms with Crippen molar-refractivity contribution in [3.63, 3.8) is 0 Å². The molecule has 0 saturated carbocycles. The lowest BCUT2D eigenvalue weighted by atomic mass is 10.1. The summed E-state index contributed by atoms with van der Waals surface area (Å²) in [6, 6.07) is 5.08. The van der Waals surface area contributed by atoms with Crippen molar-refractivity contribution < 1.29 is 14.6 Å². The molecular weight excluding hydrogens is 232 g/mol. The number of piperazine rings is 1. The monoisotopic (exact) mass is 250 g/mol. The molecule has 2 rings (SSSR count). The van der Waals surface area contributed by atoms with Crippen molar-refractivity contribution in [3.05, 3.63) is 23.8 Å². The zero-order valence-corrected chi connectivity index (χ0v) is 10.6. The number of carbonyl (C=O) groups excluding carboxylic acids is 1. The molecule has 0 radical (unpaired) electrons. The number of para-hydroxylation sites is 1. The Bertz CT molecular complexity index is 448. The van der Waals surface area contributed by atoms with Gasteiger partial charge in [0, 0.05) is 25.7 Å². The molecule has 1 aromatic carbocycles. The highest BCUT2D eigenvalue weighted by molar-refractivity contribution is 5.97. The first kappa shape index (κ1) is 12.7. The van der Waals surface area contributed by atoms with E-state index in [4.69, 9.17) is 4.74 Å². The predicted molar refractivity (Wildman–Crippen MR) is 68.0 cm³/mol. The maximum absolute atomic E-state index is 12.4. The summed E-state index contributed by atoms with van der Waals surface area (Å²) >= 11 is 0. The number of carbonyl (C=O) groups is 1. The molecule has 0 bridgehead atoms. The number of ether oxygens (including phenoxy) is 1. The third-order valence-corrected chi connectivity index (χ3v) is 3.21. The Hall–Kier alpha value is -1.75. The summed E-state index contributed by atoms with van der Waals surface area (Å²) in [5.74, 6) is 0.0831. The maximum atomic E-state index is 12.4. The molecule has 0 spiro atoms. The van der Waals surface area contributed by atoms with Gasteiger partial charge in [0.15, 0.2) is 11.5 Å². The van der Waals surface area contributed by atoms with Gasteiger partial charge in [-0.3, -0.25) is 4.79 Å². The van der Waals surface area contributed by atoms with Crippen LogP contribution >= 0.6 is 0 Å². The SMILES string of the molecule is COc1cccc(C(=O)N2CCNCC2C)c1O. The van der Waals surface area contributed by atoms with E-state index in [9.17, 15) is 9.90 Å². The number of hydrogen-bond acceptors (Lipinski definition) is 4. The maximum Gasteiger partial charge on any atom is 0.258 e. The minimum Gasteiger partial charge on any atom is -0.504 e. The Morgan fingerprint density at radius 3 is 3.00 bits per heavy atom. The molecule has 1 unspecified atom stereocenters. The van der Waals surface area contributed by atoms with Crippen molar-refractivity contribution in [1.82, 2.24) is 10.2 Å². The molecule has 1 atom stereocenters. The molecule has 0 aliphatic carbocycles. The molecule has 1 aliphatic rings. The fourth-order valence-corrected chi connectivity index (χ4v) is 2.16. The van der Waals surface area contributed by atoms with Crippen LogP contribution in [0.25, 0.3) is 0 Å². The van der Waals surface area contributed by atoms with Crippen molar-refractivity contribution in [2.45, 2.75) is 13.0 Å². The minimum absolute atomic E-state index is 0.0873. The van der Waals surface area contributed by atoms with Gasteiger partial charge in [-0.05, 0) is 19.1 Å². The van der Waals surface area contributed by atoms with E-state index in [0.29, 0.717) is 17.9 Å². The summed E-state index contributed by atoms with van der Waals surface area (Å²) in [5.41, 5.74) is 0.295. The third-order valence-electron chi connectivity index (χ3n) is 3.21. The number of nitrogens with zero attached hydrogens (tertiary/aromatic N) is 1. The number of phenolic OH excluding ortho intramolecular Hbond substituents is 1. The number of methoxy groups -OCH3 is 1. The van der Waals surface area contributed by atoms with E-state index in [1.54, 1.807) is 23.1 Å². The van der Waals surface area contributed by atoms with E-state index in [2.05, 4.69) is 5.32 Å². The number of benzene rings is 1. The predicted octanol–water partition coefficient (Wildman–Crippen LogP) is 0.835. The van der Waals surface area contributed by atoms with Crippen molar-refractivity contribution in [2.75, 3.05) is 26.7 Å². The second kappa shape index (κ2) is 5.27. The van der Waals surface area contributed by atoms with Crippen LogP contribution in [0.4, 0.5) is 0 Å². The Balaban J connectivity index is 2.28. The van der Waals surface area contributed by atoms with Gasteiger partial charge >= 0.3 is 0 Å². The standard InChI is InChI=1S/C13H18N2O3/c1-9-8-14-6-7-15(9)13(17)10-4-3-5-11(18-2)12(10)16/h3-5,9,14,16H,6-8H2,1-2H3. The van der Waals surface area contributed by atoms with E-state index in [1.807, 2.05) is 6.92 Å². The van der Waals surface area contributed by atoms with E-state index >= 15 is 0 Å². The van der Waals surface area contributed by atoms with E-state index < -0.39 is 0 Å². The molecule has 1 heterocycles. The van der Waals surface area contributed by atoms with Crippen LogP contribution in [-0.2, 0) is 0 Å². The molecule has 18 heavy (non-hydrogen) atoms. The summed E-state index contributed by atoms with van der Waals surface area (Å²) in [6.45, 7) is 4.19. The first-order valence-corrected chi connectivity index (χ1v) is 6.02. The van der Waals surface area contributed by atoms with Crippen molar-refractivity contribution >= 4 is 5.91 Å². The van der Waals surface area contributed by atoms with Crippen molar-refractivity contribution in [3.8, 4) is 11.5 Å². The number of amides is 1. The summed E-state index contributed by atoms with van der Waals surface area (Å²) in [5, 5.41) is 13.2. The smallest absolute Gasteiger partial charge is 0.258 e. The lowest BCUT2D eigenvalue weighted by Crippen LogP contribution is -2.52. The van der Waals surface area contributed by atoms with Crippen LogP contribution < -0.4 is 10.1 Å². The van der Waals surface area contributed by atoms with Gasteiger partial charge in [-0.2, -0.15) is 0 Å². The largest absolute Gasteiger partial charge is 0.504 e. The molecule has 1 aliphatic heterocycles. The lowest BCUT2D eigenvalue weighted by molar-refractivity contribution is 0.0652. The molecule has 1 amide bonds. The first-order chi connectivity index (χ1) is 8.65. The van der Waals surface area contributed by atoms with Gasteiger partial charge in [0.1, 0.15) is 0 Å². The average molecular weight is 250 g/mol. The zero-order valence-electron chi connectivity index (χ0n) is 10.6. The van der Waals surface area contributed by atoms with Crippen LogP contribution in [0.2, 0.25) is 0 Å². The molecular formula is C13H18N2O3. The van der Waals surface area contributed by atoms with Gasteiger partial charge in [-0.25, -0.2) is 0 Å². The van der Waals surface area contributed by atoms with E-state index in [0.717, 1.165) is 13.1 Å². The third kappa shape index (κ3) is 2.26. The molecule has 1 fully saturated rings. The fourth-order valence-electron chi connectivity index (χ4n) is 2.16. The van der Waals surface area contributed by atoms with Gasteiger partial charge < -0.3 is 20.1 Å². The summed E-state index contributed by atoms with van der Waals surface area (Å²) in [4.78, 5) is 14.2. The zero-order chi connectivity index (χ0) is 13.1. The molecule has 2 N–H and O–H groups in total. The summed E-state index contributed by atoms with van der Waals surface area (Å²) in [7, 11) is 1.47. The molecule has 5 heteroatoms. The Morgan fingerprint density at radius 1 is 1.56 bits per heavy atom. The first-order valence-electron chi connectivity index (χ1n) is 6.02. The molecule has 98 valence electrons. The number of phenols is 1. The van der Waals surface area contributed by atoms with Gasteiger partial charge in [-0.1, -0.05) is 6.07 Å². The second-order valence-electron chi connectivity index (χ2n) is 4.41. The number of rotatable bonds is 2. The normalized spacial score (nSPS) is 19.7. The Kier molecular flexibility index (Phi) is 3.72. The molecule has 1 saturated heterocycles. The van der Waals surface area contributed by atoms with Gasteiger partial charge in [0.05, 0.1) is 12.7 Å². The molecule has 1 aromatic rings. The van der Waals surface area contributed by atoms with Crippen LogP contribution in [0.1, 0.15) is 17.3 Å². The second-order valence-corrected chi connectivity index (χ2v) is 4.41. The number of aromatic hydroxyl groups is 1. The van der Waals surface area contributed by atoms with Crippen LogP contribution in [0.15, 0.2) is 18.2 Å². The quantitative estimate of drug-likeness (QED) is 0.816. The fraction of sp³-hybridized carbons (Fsp3) is 0.462. The Morgan fingerprint density at radius 2 is 2.33 bits per heavy atom. The Labute approximate surface area is 106 Å². The summed E-state index contributed by atoms with van der Waals surface area (Å²) in [6.07, 6.45) is 0. The summed E-state index contributed by atoms with van der Waals surface area (Å²) < 4.78 is 5.02. The van der Waals surface area contributed by atoms with Gasteiger partial charge in [-0.15, -0.1) is 0 Å². The highest BCUT2D eigenvalue weighted by Crippen LogP contribution is 2.30. The van der Waals surface area contributed by atoms with Crippen LogP contribution in [0.3, 0.4) is 0 Å². The molecule has 5 nitrogen and oxygen atoms in total. The topological polar surface area (TPSA) is 61.8 Å². The number of hydrogen-bond donors (Lipinski definition) is 2. The minimum atomic E-state index is -0.152. The van der Waals surface area contributed by atoms with Crippen LogP contribution in [-0.4, -0.2) is 48.7 Å². The van der Waals surface area contributed by atoms with Crippen LogP contribution in [0.5, 0.6) is 11.5 Å². The van der Waals surface area contributed by atoms with Crippen molar-refractivity contribution in [2.24, 2.45) is 0 Å². The number of nitrogens with one attached hydrogen (secondary N) is 1. The average Bonchev–Trinajstić information content (AvgIpc) is 2.39. The highest BCUT2D eigenvalue weighted by Gasteiger charge is 2.26.